The number of halogens is 3. The quantitative estimate of drug-likeness (QED) is 0.181. The maximum atomic E-state index is 14.6. The number of hydrogen-bond donors (Lipinski definition) is 1. The summed E-state index contributed by atoms with van der Waals surface area (Å²) in [7, 11) is -3.44. The van der Waals surface area contributed by atoms with E-state index in [2.05, 4.69) is 29.6 Å². The maximum absolute atomic E-state index is 14.6. The van der Waals surface area contributed by atoms with Crippen LogP contribution in [0.25, 0.3) is 0 Å². The van der Waals surface area contributed by atoms with Crippen molar-refractivity contribution >= 4 is 58.8 Å². The van der Waals surface area contributed by atoms with Gasteiger partial charge in [0.15, 0.2) is 22.5 Å². The molecule has 0 radical (unpaired) electrons. The van der Waals surface area contributed by atoms with E-state index in [0.717, 1.165) is 12.1 Å². The number of hydrogen-bond acceptors (Lipinski definition) is 9. The molecule has 16 heteroatoms. The smallest absolute Gasteiger partial charge is 0.335 e. The molecule has 2 aliphatic heterocycles. The number of carboxylic acids is 1. The number of allylic oxidation sites excluding steroid dienone is 1. The summed E-state index contributed by atoms with van der Waals surface area (Å²) in [6.45, 7) is 8.95. The molecule has 1 saturated heterocycles. The second kappa shape index (κ2) is 13.3. The maximum Gasteiger partial charge on any atom is 0.335 e. The Balaban J connectivity index is 1.36. The van der Waals surface area contributed by atoms with Crippen molar-refractivity contribution in [3.05, 3.63) is 62.2 Å². The zero-order chi connectivity index (χ0) is 34.5. The molecule has 1 aromatic carbocycles. The molecule has 1 unspecified atom stereocenters. The first kappa shape index (κ1) is 35.6. The monoisotopic (exact) mass is 728 g/mol. The SMILES string of the molecule is CN1C(c2nccs2)=NC(c2ccc(F)c(F)c2Cl)C(C(=O)O)=C1C1CCN(S(=O)(=O)C2CC(C)(C(=O)OCC[Si](C)(C)C)C2)CC1. The number of esters is 1. The number of amidine groups is 1. The third-order valence-corrected chi connectivity index (χ3v) is 14.4. The van der Waals surface area contributed by atoms with Crippen molar-refractivity contribution < 1.29 is 36.6 Å². The molecule has 2 aromatic rings. The van der Waals surface area contributed by atoms with Crippen LogP contribution < -0.4 is 0 Å². The third-order valence-electron chi connectivity index (χ3n) is 9.25. The Labute approximate surface area is 283 Å². The number of piperidine rings is 1. The average Bonchev–Trinajstić information content (AvgIpc) is 3.52. The number of thiazole rings is 1. The molecule has 1 atom stereocenters. The zero-order valence-corrected chi connectivity index (χ0v) is 30.3. The number of benzene rings is 1. The minimum absolute atomic E-state index is 0.00493. The van der Waals surface area contributed by atoms with Crippen LogP contribution in [0.3, 0.4) is 0 Å². The summed E-state index contributed by atoms with van der Waals surface area (Å²) < 4.78 is 62.8. The Bertz CT molecular complexity index is 1720. The predicted molar refractivity (Wildman–Crippen MR) is 179 cm³/mol. The predicted octanol–water partition coefficient (Wildman–Crippen LogP) is 5.94. The van der Waals surface area contributed by atoms with Gasteiger partial charge in [0.1, 0.15) is 6.04 Å². The van der Waals surface area contributed by atoms with E-state index in [4.69, 9.17) is 16.3 Å². The molecule has 1 aliphatic carbocycles. The number of ether oxygens (including phenoxy) is 1. The van der Waals surface area contributed by atoms with Gasteiger partial charge in [-0.2, -0.15) is 0 Å². The molecule has 0 bridgehead atoms. The van der Waals surface area contributed by atoms with Crippen LogP contribution >= 0.6 is 22.9 Å². The summed E-state index contributed by atoms with van der Waals surface area (Å²) in [5.74, 6) is -4.20. The lowest BCUT2D eigenvalue weighted by atomic mass is 9.70. The average molecular weight is 729 g/mol. The van der Waals surface area contributed by atoms with Gasteiger partial charge in [-0.05, 0) is 44.7 Å². The van der Waals surface area contributed by atoms with Crippen molar-refractivity contribution in [3.8, 4) is 0 Å². The standard InChI is InChI=1S/C31H39ClF2N4O6S2Si/c1-31(30(41)44-13-15-47(3,4)5)16-19(17-31)46(42,43)38-11-8-18(9-12-38)26-22(29(39)40)25(20-6-7-21(33)24(34)23(20)32)36-27(37(26)2)28-35-10-14-45-28/h6-7,10,14,18-19,25H,8-9,11-13,15-17H2,1-5H3,(H,39,40). The van der Waals surface area contributed by atoms with Crippen LogP contribution in [-0.2, 0) is 24.3 Å². The molecule has 10 nitrogen and oxygen atoms in total. The molecule has 256 valence electrons. The number of carbonyl (C=O) groups is 2. The van der Waals surface area contributed by atoms with Gasteiger partial charge in [-0.3, -0.25) is 9.79 Å². The Morgan fingerprint density at radius 2 is 1.85 bits per heavy atom. The molecule has 1 saturated carbocycles. The molecule has 0 amide bonds. The van der Waals surface area contributed by atoms with E-state index in [1.165, 1.54) is 21.7 Å². The van der Waals surface area contributed by atoms with Crippen molar-refractivity contribution in [3.63, 3.8) is 0 Å². The lowest BCUT2D eigenvalue weighted by Crippen LogP contribution is -2.54. The highest BCUT2D eigenvalue weighted by molar-refractivity contribution is 7.89. The molecule has 2 fully saturated rings. The molecule has 5 rings (SSSR count). The second-order valence-electron chi connectivity index (χ2n) is 13.9. The molecule has 1 N–H and O–H groups in total. The lowest BCUT2D eigenvalue weighted by Gasteiger charge is -2.45. The first-order chi connectivity index (χ1) is 21.9. The Hall–Kier alpha value is -2.72. The van der Waals surface area contributed by atoms with Gasteiger partial charge in [-0.1, -0.05) is 37.3 Å². The van der Waals surface area contributed by atoms with Gasteiger partial charge in [0.25, 0.3) is 0 Å². The van der Waals surface area contributed by atoms with Gasteiger partial charge >= 0.3 is 11.9 Å². The molecule has 3 heterocycles. The molecule has 0 spiro atoms. The van der Waals surface area contributed by atoms with Gasteiger partial charge in [0.05, 0.1) is 27.9 Å². The molecule has 47 heavy (non-hydrogen) atoms. The van der Waals surface area contributed by atoms with E-state index in [1.807, 2.05) is 0 Å². The number of sulfonamides is 1. The van der Waals surface area contributed by atoms with Crippen LogP contribution in [0.2, 0.25) is 30.7 Å². The molecule has 3 aliphatic rings. The molecular formula is C31H39ClF2N4O6S2Si. The van der Waals surface area contributed by atoms with E-state index >= 15 is 0 Å². The Morgan fingerprint density at radius 3 is 2.43 bits per heavy atom. The summed E-state index contributed by atoms with van der Waals surface area (Å²) in [5, 5.41) is 11.4. The molecular weight excluding hydrogens is 690 g/mol. The highest BCUT2D eigenvalue weighted by Crippen LogP contribution is 2.48. The third kappa shape index (κ3) is 7.05. The number of carboxylic acid groups (broad SMARTS) is 1. The molecule has 1 aromatic heterocycles. The zero-order valence-electron chi connectivity index (χ0n) is 26.9. The fourth-order valence-electron chi connectivity index (χ4n) is 6.48. The van der Waals surface area contributed by atoms with Crippen molar-refractivity contribution in [1.82, 2.24) is 14.2 Å². The lowest BCUT2D eigenvalue weighted by molar-refractivity contribution is -0.159. The van der Waals surface area contributed by atoms with Gasteiger partial charge < -0.3 is 14.7 Å². The highest BCUT2D eigenvalue weighted by atomic mass is 35.5. The first-order valence-corrected chi connectivity index (χ1v) is 21.9. The van der Waals surface area contributed by atoms with Crippen molar-refractivity contribution in [2.45, 2.75) is 69.6 Å². The number of nitrogens with zero attached hydrogens (tertiary/aromatic N) is 4. The number of aliphatic imine (C=N–C) groups is 1. The van der Waals surface area contributed by atoms with Crippen LogP contribution in [0.5, 0.6) is 0 Å². The Morgan fingerprint density at radius 1 is 1.19 bits per heavy atom. The first-order valence-electron chi connectivity index (χ1n) is 15.4. The van der Waals surface area contributed by atoms with Crippen LogP contribution in [-0.4, -0.2) is 85.6 Å². The van der Waals surface area contributed by atoms with Crippen molar-refractivity contribution in [2.24, 2.45) is 16.3 Å². The largest absolute Gasteiger partial charge is 0.478 e. The van der Waals surface area contributed by atoms with Crippen molar-refractivity contribution in [1.29, 1.82) is 0 Å². The highest BCUT2D eigenvalue weighted by Gasteiger charge is 2.54. The number of carbonyl (C=O) groups excluding carboxylic acids is 1. The van der Waals surface area contributed by atoms with E-state index < -0.39 is 63.3 Å². The summed E-state index contributed by atoms with van der Waals surface area (Å²) >= 11 is 7.50. The van der Waals surface area contributed by atoms with Gasteiger partial charge in [0, 0.05) is 57.0 Å². The minimum Gasteiger partial charge on any atom is -0.478 e. The van der Waals surface area contributed by atoms with E-state index in [0.29, 0.717) is 36.0 Å². The summed E-state index contributed by atoms with van der Waals surface area (Å²) in [6, 6.07) is 1.69. The van der Waals surface area contributed by atoms with E-state index in [9.17, 15) is 31.9 Å². The number of aliphatic carboxylic acids is 1. The second-order valence-corrected chi connectivity index (χ2v) is 23.0. The van der Waals surface area contributed by atoms with E-state index in [1.54, 1.807) is 30.4 Å². The van der Waals surface area contributed by atoms with Crippen LogP contribution in [0.1, 0.15) is 49.2 Å². The number of rotatable bonds is 10. The Kier molecular flexibility index (Phi) is 10.1. The fraction of sp³-hybridized carbons (Fsp3) is 0.548. The van der Waals surface area contributed by atoms with Crippen LogP contribution in [0.15, 0.2) is 40.0 Å². The van der Waals surface area contributed by atoms with E-state index in [-0.39, 0.29) is 43.0 Å². The van der Waals surface area contributed by atoms with Gasteiger partial charge in [-0.15, -0.1) is 11.3 Å². The normalized spacial score (nSPS) is 24.6. The fourth-order valence-corrected chi connectivity index (χ4v) is 10.4. The van der Waals surface area contributed by atoms with Crippen LogP contribution in [0, 0.1) is 23.0 Å². The van der Waals surface area contributed by atoms with Crippen molar-refractivity contribution in [2.75, 3.05) is 26.7 Å². The topological polar surface area (TPSA) is 129 Å². The summed E-state index contributed by atoms with van der Waals surface area (Å²) in [6.07, 6.45) is 2.56. The van der Waals surface area contributed by atoms with Crippen LogP contribution in [0.4, 0.5) is 8.78 Å². The number of aromatic nitrogens is 1. The van der Waals surface area contributed by atoms with Gasteiger partial charge in [-0.25, -0.2) is 31.3 Å². The van der Waals surface area contributed by atoms with Gasteiger partial charge in [0.2, 0.25) is 10.0 Å². The summed E-state index contributed by atoms with van der Waals surface area (Å²) in [5.41, 5.74) is -0.611. The minimum atomic E-state index is -3.73. The summed E-state index contributed by atoms with van der Waals surface area (Å²) in [4.78, 5) is 36.3.